The maximum absolute atomic E-state index is 12.2. The average Bonchev–Trinajstić information content (AvgIpc) is 2.59. The number of rotatable bonds is 10. The second-order valence-electron chi connectivity index (χ2n) is 6.94. The smallest absolute Gasteiger partial charge is 0.332 e. The SMILES string of the molecule is Cc1cc(C(=O)NCC(O)CCC(C)CCC(O)C(=O)O)cc(C)c1O. The van der Waals surface area contributed by atoms with Gasteiger partial charge in [-0.1, -0.05) is 6.92 Å². The molecule has 0 aliphatic rings. The van der Waals surface area contributed by atoms with Gasteiger partial charge in [0.05, 0.1) is 6.10 Å². The average molecular weight is 367 g/mol. The van der Waals surface area contributed by atoms with Crippen LogP contribution >= 0.6 is 0 Å². The molecule has 0 heterocycles. The maximum atomic E-state index is 12.2. The number of carboxylic acid groups (broad SMARTS) is 1. The Labute approximate surface area is 153 Å². The Morgan fingerprint density at radius 1 is 1.04 bits per heavy atom. The number of amides is 1. The van der Waals surface area contributed by atoms with E-state index in [4.69, 9.17) is 5.11 Å². The van der Waals surface area contributed by atoms with Crippen molar-refractivity contribution >= 4 is 11.9 Å². The van der Waals surface area contributed by atoms with E-state index in [-0.39, 0.29) is 30.5 Å². The first kappa shape index (κ1) is 21.9. The topological polar surface area (TPSA) is 127 Å². The van der Waals surface area contributed by atoms with Crippen LogP contribution in [0.3, 0.4) is 0 Å². The fourth-order valence-corrected chi connectivity index (χ4v) is 2.69. The van der Waals surface area contributed by atoms with Crippen molar-refractivity contribution in [1.29, 1.82) is 0 Å². The van der Waals surface area contributed by atoms with Crippen LogP contribution < -0.4 is 5.32 Å². The van der Waals surface area contributed by atoms with E-state index in [2.05, 4.69) is 5.32 Å². The minimum absolute atomic E-state index is 0.113. The second kappa shape index (κ2) is 10.1. The van der Waals surface area contributed by atoms with E-state index in [1.165, 1.54) is 0 Å². The predicted molar refractivity (Wildman–Crippen MR) is 97.2 cm³/mol. The number of aliphatic carboxylic acids is 1. The molecule has 5 N–H and O–H groups in total. The molecule has 7 nitrogen and oxygen atoms in total. The molecule has 3 unspecified atom stereocenters. The number of carbonyl (C=O) groups excluding carboxylic acids is 1. The molecule has 1 aromatic rings. The van der Waals surface area contributed by atoms with Crippen LogP contribution in [0.2, 0.25) is 0 Å². The van der Waals surface area contributed by atoms with Gasteiger partial charge in [-0.2, -0.15) is 0 Å². The zero-order chi connectivity index (χ0) is 19.9. The van der Waals surface area contributed by atoms with Gasteiger partial charge < -0.3 is 25.7 Å². The van der Waals surface area contributed by atoms with Crippen LogP contribution in [0.15, 0.2) is 12.1 Å². The zero-order valence-electron chi connectivity index (χ0n) is 15.5. The number of carbonyl (C=O) groups is 2. The molecule has 3 atom stereocenters. The number of benzene rings is 1. The Hall–Kier alpha value is -2.12. The van der Waals surface area contributed by atoms with Crippen molar-refractivity contribution in [2.45, 2.75) is 58.7 Å². The lowest BCUT2D eigenvalue weighted by atomic mass is 9.96. The van der Waals surface area contributed by atoms with Crippen LogP contribution in [-0.4, -0.2) is 51.1 Å². The number of aromatic hydroxyl groups is 1. The number of hydrogen-bond acceptors (Lipinski definition) is 5. The summed E-state index contributed by atoms with van der Waals surface area (Å²) >= 11 is 0. The van der Waals surface area contributed by atoms with Crippen LogP contribution in [-0.2, 0) is 4.79 Å². The summed E-state index contributed by atoms with van der Waals surface area (Å²) in [6.45, 7) is 5.48. The third-order valence-electron chi connectivity index (χ3n) is 4.46. The largest absolute Gasteiger partial charge is 0.507 e. The Morgan fingerprint density at radius 3 is 2.12 bits per heavy atom. The molecule has 0 radical (unpaired) electrons. The van der Waals surface area contributed by atoms with E-state index in [9.17, 15) is 24.9 Å². The van der Waals surface area contributed by atoms with E-state index >= 15 is 0 Å². The third-order valence-corrected chi connectivity index (χ3v) is 4.46. The number of aliphatic hydroxyl groups is 2. The number of carboxylic acids is 1. The van der Waals surface area contributed by atoms with Gasteiger partial charge in [-0.25, -0.2) is 4.79 Å². The van der Waals surface area contributed by atoms with Gasteiger partial charge in [-0.05, 0) is 68.7 Å². The third kappa shape index (κ3) is 7.01. The highest BCUT2D eigenvalue weighted by Gasteiger charge is 2.16. The summed E-state index contributed by atoms with van der Waals surface area (Å²) in [5.41, 5.74) is 1.67. The molecule has 0 aliphatic heterocycles. The summed E-state index contributed by atoms with van der Waals surface area (Å²) in [5, 5.41) is 40.3. The number of phenolic OH excluding ortho intramolecular Hbond substituents is 1. The van der Waals surface area contributed by atoms with Crippen molar-refractivity contribution in [1.82, 2.24) is 5.32 Å². The molecule has 7 heteroatoms. The monoisotopic (exact) mass is 367 g/mol. The first-order valence-electron chi connectivity index (χ1n) is 8.79. The Morgan fingerprint density at radius 2 is 1.58 bits per heavy atom. The number of phenols is 1. The molecule has 1 aromatic carbocycles. The Balaban J connectivity index is 2.36. The van der Waals surface area contributed by atoms with Gasteiger partial charge in [-0.3, -0.25) is 4.79 Å². The van der Waals surface area contributed by atoms with Crippen LogP contribution in [0, 0.1) is 19.8 Å². The highest BCUT2D eigenvalue weighted by atomic mass is 16.4. The molecule has 0 spiro atoms. The van der Waals surface area contributed by atoms with Crippen LogP contribution in [0.4, 0.5) is 0 Å². The van der Waals surface area contributed by atoms with Gasteiger partial charge in [-0.15, -0.1) is 0 Å². The lowest BCUT2D eigenvalue weighted by Crippen LogP contribution is -2.32. The van der Waals surface area contributed by atoms with Gasteiger partial charge in [0.15, 0.2) is 6.10 Å². The molecule has 0 bridgehead atoms. The van der Waals surface area contributed by atoms with Crippen molar-refractivity contribution in [3.63, 3.8) is 0 Å². The molecule has 0 saturated carbocycles. The lowest BCUT2D eigenvalue weighted by molar-refractivity contribution is -0.147. The molecule has 1 amide bonds. The minimum atomic E-state index is -1.35. The number of nitrogens with one attached hydrogen (secondary N) is 1. The first-order chi connectivity index (χ1) is 12.1. The molecule has 1 rings (SSSR count). The fraction of sp³-hybridized carbons (Fsp3) is 0.579. The van der Waals surface area contributed by atoms with Crippen LogP contribution in [0.1, 0.15) is 54.1 Å². The minimum Gasteiger partial charge on any atom is -0.507 e. The second-order valence-corrected chi connectivity index (χ2v) is 6.94. The van der Waals surface area contributed by atoms with E-state index in [0.29, 0.717) is 36.0 Å². The normalized spacial score (nSPS) is 14.5. The fourth-order valence-electron chi connectivity index (χ4n) is 2.69. The molecule has 0 aliphatic carbocycles. The Bertz CT molecular complexity index is 607. The first-order valence-corrected chi connectivity index (χ1v) is 8.79. The Kier molecular flexibility index (Phi) is 8.54. The van der Waals surface area contributed by atoms with Crippen molar-refractivity contribution < 1.29 is 30.0 Å². The number of hydrogen-bond donors (Lipinski definition) is 5. The molecule has 0 fully saturated rings. The van der Waals surface area contributed by atoms with Gasteiger partial charge in [0.1, 0.15) is 5.75 Å². The van der Waals surface area contributed by atoms with Crippen LogP contribution in [0.25, 0.3) is 0 Å². The zero-order valence-corrected chi connectivity index (χ0v) is 15.5. The van der Waals surface area contributed by atoms with E-state index in [1.807, 2.05) is 6.92 Å². The van der Waals surface area contributed by atoms with E-state index < -0.39 is 18.2 Å². The number of aryl methyl sites for hydroxylation is 2. The molecule has 0 saturated heterocycles. The van der Waals surface area contributed by atoms with Crippen molar-refractivity contribution in [2.75, 3.05) is 6.54 Å². The van der Waals surface area contributed by atoms with Gasteiger partial charge in [0.2, 0.25) is 0 Å². The molecular formula is C19H29NO6. The molecule has 26 heavy (non-hydrogen) atoms. The van der Waals surface area contributed by atoms with E-state index in [1.54, 1.807) is 26.0 Å². The summed E-state index contributed by atoms with van der Waals surface area (Å²) < 4.78 is 0. The predicted octanol–water partition coefficient (Wildman–Crippen LogP) is 1.74. The van der Waals surface area contributed by atoms with Crippen molar-refractivity contribution in [3.8, 4) is 5.75 Å². The van der Waals surface area contributed by atoms with Crippen molar-refractivity contribution in [2.24, 2.45) is 5.92 Å². The molecular weight excluding hydrogens is 338 g/mol. The maximum Gasteiger partial charge on any atom is 0.332 e. The van der Waals surface area contributed by atoms with E-state index in [0.717, 1.165) is 0 Å². The number of aliphatic hydroxyl groups excluding tert-OH is 2. The van der Waals surface area contributed by atoms with Gasteiger partial charge in [0.25, 0.3) is 5.91 Å². The summed E-state index contributed by atoms with van der Waals surface area (Å²) in [7, 11) is 0. The summed E-state index contributed by atoms with van der Waals surface area (Å²) in [6.07, 6.45) is -0.176. The summed E-state index contributed by atoms with van der Waals surface area (Å²) in [6, 6.07) is 3.19. The molecule has 146 valence electrons. The van der Waals surface area contributed by atoms with Crippen LogP contribution in [0.5, 0.6) is 5.75 Å². The lowest BCUT2D eigenvalue weighted by Gasteiger charge is -2.16. The van der Waals surface area contributed by atoms with Gasteiger partial charge >= 0.3 is 5.97 Å². The quantitative estimate of drug-likeness (QED) is 0.429. The highest BCUT2D eigenvalue weighted by molar-refractivity contribution is 5.94. The summed E-state index contributed by atoms with van der Waals surface area (Å²) in [4.78, 5) is 22.7. The standard InChI is InChI=1S/C19H29NO6/c1-11(5-7-16(22)19(25)26)4-6-15(21)10-20-18(24)14-8-12(2)17(23)13(3)9-14/h8-9,11,15-16,21-23H,4-7,10H2,1-3H3,(H,20,24)(H,25,26). The van der Waals surface area contributed by atoms with Gasteiger partial charge in [0, 0.05) is 12.1 Å². The summed E-state index contributed by atoms with van der Waals surface area (Å²) in [5.74, 6) is -1.20. The highest BCUT2D eigenvalue weighted by Crippen LogP contribution is 2.22. The molecule has 0 aromatic heterocycles. The van der Waals surface area contributed by atoms with Crippen molar-refractivity contribution in [3.05, 3.63) is 28.8 Å².